The van der Waals surface area contributed by atoms with Crippen molar-refractivity contribution in [2.75, 3.05) is 6.54 Å². The van der Waals surface area contributed by atoms with Gasteiger partial charge >= 0.3 is 0 Å². The summed E-state index contributed by atoms with van der Waals surface area (Å²) in [4.78, 5) is -0.327. The molecule has 1 aromatic carbocycles. The van der Waals surface area contributed by atoms with Crippen molar-refractivity contribution in [1.82, 2.24) is 4.72 Å². The molecule has 19 heavy (non-hydrogen) atoms. The fraction of sp³-hybridized carbons (Fsp3) is 0.500. The molecule has 106 valence electrons. The molecule has 0 amide bonds. The molecule has 1 atom stereocenters. The highest BCUT2D eigenvalue weighted by Gasteiger charge is 2.29. The Morgan fingerprint density at radius 2 is 2.00 bits per heavy atom. The SMILES string of the molecule is O=S(=O)(NCC[C@@H](O)C1CC1)c1ccc(F)c(F)c1. The molecule has 0 bridgehead atoms. The molecule has 2 rings (SSSR count). The maximum absolute atomic E-state index is 13.0. The molecule has 1 saturated carbocycles. The van der Waals surface area contributed by atoms with Crippen LogP contribution in [0.25, 0.3) is 0 Å². The number of aliphatic hydroxyl groups is 1. The summed E-state index contributed by atoms with van der Waals surface area (Å²) in [5.41, 5.74) is 0. The Balaban J connectivity index is 1.95. The van der Waals surface area contributed by atoms with E-state index in [4.69, 9.17) is 0 Å². The lowest BCUT2D eigenvalue weighted by molar-refractivity contribution is 0.143. The molecule has 4 nitrogen and oxygen atoms in total. The van der Waals surface area contributed by atoms with Gasteiger partial charge in [-0.15, -0.1) is 0 Å². The molecule has 7 heteroatoms. The first-order valence-corrected chi connectivity index (χ1v) is 7.51. The maximum atomic E-state index is 13.0. The van der Waals surface area contributed by atoms with Crippen LogP contribution in [0.3, 0.4) is 0 Å². The Kier molecular flexibility index (Phi) is 4.17. The van der Waals surface area contributed by atoms with Crippen molar-refractivity contribution >= 4 is 10.0 Å². The lowest BCUT2D eigenvalue weighted by Crippen LogP contribution is -2.28. The van der Waals surface area contributed by atoms with Crippen LogP contribution in [0.1, 0.15) is 19.3 Å². The zero-order valence-corrected chi connectivity index (χ0v) is 11.0. The van der Waals surface area contributed by atoms with Gasteiger partial charge in [0.1, 0.15) is 0 Å². The summed E-state index contributed by atoms with van der Waals surface area (Å²) < 4.78 is 51.5. The summed E-state index contributed by atoms with van der Waals surface area (Å²) in [6.07, 6.45) is 1.74. The van der Waals surface area contributed by atoms with E-state index in [0.29, 0.717) is 12.5 Å². The maximum Gasteiger partial charge on any atom is 0.240 e. The van der Waals surface area contributed by atoms with Crippen LogP contribution in [-0.4, -0.2) is 26.2 Å². The molecule has 0 spiro atoms. The molecule has 1 aromatic rings. The molecular formula is C12H15F2NO3S. The Labute approximate surface area is 110 Å². The summed E-state index contributed by atoms with van der Waals surface area (Å²) in [6, 6.07) is 2.40. The van der Waals surface area contributed by atoms with E-state index in [1.807, 2.05) is 0 Å². The Bertz CT molecular complexity index is 558. The predicted octanol–water partition coefficient (Wildman–Crippen LogP) is 1.40. The van der Waals surface area contributed by atoms with Gasteiger partial charge in [-0.25, -0.2) is 21.9 Å². The van der Waals surface area contributed by atoms with Crippen LogP contribution in [0.5, 0.6) is 0 Å². The van der Waals surface area contributed by atoms with Crippen molar-refractivity contribution in [2.45, 2.75) is 30.3 Å². The first kappa shape index (κ1) is 14.4. The fourth-order valence-corrected chi connectivity index (χ4v) is 2.84. The minimum absolute atomic E-state index is 0.0684. The second-order valence-electron chi connectivity index (χ2n) is 4.67. The summed E-state index contributed by atoms with van der Waals surface area (Å²) in [6.45, 7) is 0.0684. The largest absolute Gasteiger partial charge is 0.393 e. The monoisotopic (exact) mass is 291 g/mol. The van der Waals surface area contributed by atoms with Crippen LogP contribution < -0.4 is 4.72 Å². The van der Waals surface area contributed by atoms with Gasteiger partial charge in [-0.2, -0.15) is 0 Å². The van der Waals surface area contributed by atoms with Gasteiger partial charge in [0, 0.05) is 6.54 Å². The van der Waals surface area contributed by atoms with E-state index in [9.17, 15) is 22.3 Å². The van der Waals surface area contributed by atoms with E-state index >= 15 is 0 Å². The van der Waals surface area contributed by atoms with Gasteiger partial charge in [0.25, 0.3) is 0 Å². The number of aliphatic hydroxyl groups excluding tert-OH is 1. The lowest BCUT2D eigenvalue weighted by Gasteiger charge is -2.10. The molecule has 0 radical (unpaired) electrons. The van der Waals surface area contributed by atoms with Crippen molar-refractivity contribution in [3.8, 4) is 0 Å². The van der Waals surface area contributed by atoms with Gasteiger partial charge in [0.15, 0.2) is 11.6 Å². The Morgan fingerprint density at radius 3 is 2.58 bits per heavy atom. The van der Waals surface area contributed by atoms with Crippen molar-refractivity contribution in [1.29, 1.82) is 0 Å². The second kappa shape index (κ2) is 5.52. The third-order valence-electron chi connectivity index (χ3n) is 3.10. The van der Waals surface area contributed by atoms with Crippen molar-refractivity contribution in [3.05, 3.63) is 29.8 Å². The molecule has 0 heterocycles. The third kappa shape index (κ3) is 3.71. The lowest BCUT2D eigenvalue weighted by atomic mass is 10.2. The van der Waals surface area contributed by atoms with E-state index < -0.39 is 27.8 Å². The Hall–Kier alpha value is -1.05. The minimum Gasteiger partial charge on any atom is -0.393 e. The summed E-state index contributed by atoms with van der Waals surface area (Å²) >= 11 is 0. The van der Waals surface area contributed by atoms with Gasteiger partial charge < -0.3 is 5.11 Å². The van der Waals surface area contributed by atoms with Crippen LogP contribution in [-0.2, 0) is 10.0 Å². The Morgan fingerprint density at radius 1 is 1.32 bits per heavy atom. The van der Waals surface area contributed by atoms with E-state index in [1.165, 1.54) is 0 Å². The van der Waals surface area contributed by atoms with Gasteiger partial charge in [-0.05, 0) is 43.4 Å². The van der Waals surface area contributed by atoms with E-state index in [-0.39, 0.29) is 17.4 Å². The van der Waals surface area contributed by atoms with Crippen LogP contribution in [0, 0.1) is 17.6 Å². The van der Waals surface area contributed by atoms with Crippen LogP contribution in [0.15, 0.2) is 23.1 Å². The minimum atomic E-state index is -3.87. The smallest absolute Gasteiger partial charge is 0.240 e. The molecule has 0 aliphatic heterocycles. The van der Waals surface area contributed by atoms with Gasteiger partial charge in [0.05, 0.1) is 11.0 Å². The first-order valence-electron chi connectivity index (χ1n) is 6.03. The summed E-state index contributed by atoms with van der Waals surface area (Å²) in [7, 11) is -3.87. The molecule has 1 fully saturated rings. The van der Waals surface area contributed by atoms with E-state index in [0.717, 1.165) is 25.0 Å². The number of rotatable bonds is 6. The molecule has 0 unspecified atom stereocenters. The molecule has 0 saturated heterocycles. The number of halogens is 2. The van der Waals surface area contributed by atoms with Gasteiger partial charge in [0.2, 0.25) is 10.0 Å². The quantitative estimate of drug-likeness (QED) is 0.832. The van der Waals surface area contributed by atoms with Crippen molar-refractivity contribution in [3.63, 3.8) is 0 Å². The van der Waals surface area contributed by atoms with Gasteiger partial charge in [-0.1, -0.05) is 0 Å². The van der Waals surface area contributed by atoms with Crippen LogP contribution in [0.4, 0.5) is 8.78 Å². The van der Waals surface area contributed by atoms with E-state index in [2.05, 4.69) is 4.72 Å². The standard InChI is InChI=1S/C12H15F2NO3S/c13-10-4-3-9(7-11(10)14)19(17,18)15-6-5-12(16)8-1-2-8/h3-4,7-8,12,15-16H,1-2,5-6H2/t12-/m1/s1. The average Bonchev–Trinajstić information content (AvgIpc) is 3.16. The number of sulfonamides is 1. The summed E-state index contributed by atoms with van der Waals surface area (Å²) in [5, 5.41) is 9.59. The topological polar surface area (TPSA) is 66.4 Å². The highest BCUT2D eigenvalue weighted by molar-refractivity contribution is 7.89. The van der Waals surface area contributed by atoms with Gasteiger partial charge in [-0.3, -0.25) is 0 Å². The average molecular weight is 291 g/mol. The highest BCUT2D eigenvalue weighted by Crippen LogP contribution is 2.33. The first-order chi connectivity index (χ1) is 8.90. The molecular weight excluding hydrogens is 276 g/mol. The predicted molar refractivity (Wildman–Crippen MR) is 64.9 cm³/mol. The number of nitrogens with one attached hydrogen (secondary N) is 1. The highest BCUT2D eigenvalue weighted by atomic mass is 32.2. The number of hydrogen-bond donors (Lipinski definition) is 2. The molecule has 1 aliphatic carbocycles. The molecule has 2 N–H and O–H groups in total. The third-order valence-corrected chi connectivity index (χ3v) is 4.56. The number of benzene rings is 1. The molecule has 0 aromatic heterocycles. The normalized spacial score (nSPS) is 17.4. The van der Waals surface area contributed by atoms with Crippen molar-refractivity contribution in [2.24, 2.45) is 5.92 Å². The van der Waals surface area contributed by atoms with Crippen LogP contribution in [0.2, 0.25) is 0 Å². The fourth-order valence-electron chi connectivity index (χ4n) is 1.79. The summed E-state index contributed by atoms with van der Waals surface area (Å²) in [5.74, 6) is -2.03. The zero-order chi connectivity index (χ0) is 14.0. The zero-order valence-electron chi connectivity index (χ0n) is 10.1. The second-order valence-corrected chi connectivity index (χ2v) is 6.43. The van der Waals surface area contributed by atoms with E-state index in [1.54, 1.807) is 0 Å². The number of hydrogen-bond acceptors (Lipinski definition) is 3. The molecule has 1 aliphatic rings. The van der Waals surface area contributed by atoms with Crippen LogP contribution >= 0.6 is 0 Å². The van der Waals surface area contributed by atoms with Crippen molar-refractivity contribution < 1.29 is 22.3 Å².